The molecule has 5 nitrogen and oxygen atoms in total. The summed E-state index contributed by atoms with van der Waals surface area (Å²) in [5, 5.41) is -0.522. The Balaban J connectivity index is 2.87. The van der Waals surface area contributed by atoms with E-state index in [1.165, 1.54) is 0 Å². The van der Waals surface area contributed by atoms with Crippen LogP contribution in [0.2, 0.25) is 0 Å². The Morgan fingerprint density at radius 2 is 0.970 bits per heavy atom. The van der Waals surface area contributed by atoms with E-state index in [1.54, 1.807) is 6.92 Å². The monoisotopic (exact) mass is 469 g/mol. The van der Waals surface area contributed by atoms with E-state index in [1.807, 2.05) is 64.1 Å². The van der Waals surface area contributed by atoms with Gasteiger partial charge in [0.2, 0.25) is 0 Å². The van der Waals surface area contributed by atoms with Crippen molar-refractivity contribution in [1.29, 1.82) is 0 Å². The molecule has 0 aliphatic heterocycles. The van der Waals surface area contributed by atoms with E-state index in [-0.39, 0.29) is 29.4 Å². The average Bonchev–Trinajstić information content (AvgIpc) is 2.70. The first-order valence-corrected chi connectivity index (χ1v) is 13.0. The second-order valence-electron chi connectivity index (χ2n) is 9.76. The van der Waals surface area contributed by atoms with Gasteiger partial charge in [0.25, 0.3) is 0 Å². The summed E-state index contributed by atoms with van der Waals surface area (Å²) >= 11 is 0. The molecule has 0 fully saturated rings. The van der Waals surface area contributed by atoms with Gasteiger partial charge in [0.05, 0.1) is 17.1 Å². The van der Waals surface area contributed by atoms with Crippen LogP contribution >= 0.6 is 0 Å². The molecular weight excluding hydrogens is 432 g/mol. The van der Waals surface area contributed by atoms with E-state index in [2.05, 4.69) is 32.7 Å². The topological polar surface area (TPSA) is 81.9 Å². The zero-order valence-corrected chi connectivity index (χ0v) is 22.1. The van der Waals surface area contributed by atoms with Crippen molar-refractivity contribution in [3.63, 3.8) is 0 Å². The zero-order valence-electron chi connectivity index (χ0n) is 21.3. The summed E-state index contributed by atoms with van der Waals surface area (Å²) in [6, 6.07) is 11.8. The molecule has 6 heteroatoms. The molecule has 0 N–H and O–H groups in total. The van der Waals surface area contributed by atoms with Crippen LogP contribution in [-0.4, -0.2) is 23.7 Å². The molecule has 0 amide bonds. The molecule has 0 bridgehead atoms. The lowest BCUT2D eigenvalue weighted by atomic mass is 9.93. The summed E-state index contributed by atoms with van der Waals surface area (Å²) in [5.41, 5.74) is 5.20. The predicted molar refractivity (Wildman–Crippen MR) is 139 cm³/mol. The third-order valence-corrected chi connectivity index (χ3v) is 6.58. The summed E-state index contributed by atoms with van der Waals surface area (Å²) in [7, 11) is -4.86. The van der Waals surface area contributed by atoms with Gasteiger partial charge in [-0.2, -0.15) is 0 Å². The van der Waals surface area contributed by atoms with Gasteiger partial charge in [0, 0.05) is 0 Å². The Labute approximate surface area is 199 Å². The van der Waals surface area contributed by atoms with Crippen LogP contribution in [0.25, 0.3) is 0 Å². The van der Waals surface area contributed by atoms with Crippen molar-refractivity contribution in [2.75, 3.05) is 0 Å². The molecule has 0 aliphatic rings. The molecule has 2 rings (SSSR count). The van der Waals surface area contributed by atoms with Gasteiger partial charge in [-0.3, -0.25) is 4.99 Å². The van der Waals surface area contributed by atoms with Gasteiger partial charge < -0.3 is 4.55 Å². The molecule has 2 aromatic rings. The van der Waals surface area contributed by atoms with Gasteiger partial charge in [-0.05, 0) is 52.8 Å². The molecule has 0 spiro atoms. The lowest BCUT2D eigenvalue weighted by molar-refractivity contribution is 0.478. The quantitative estimate of drug-likeness (QED) is 0.238. The number of hydrogen-bond donors (Lipinski definition) is 0. The predicted octanol–water partition coefficient (Wildman–Crippen LogP) is 7.55. The normalized spacial score (nSPS) is 13.6. The highest BCUT2D eigenvalue weighted by Crippen LogP contribution is 2.37. The summed E-state index contributed by atoms with van der Waals surface area (Å²) in [5.74, 6) is 0.608. The first-order chi connectivity index (χ1) is 15.3. The van der Waals surface area contributed by atoms with E-state index in [9.17, 15) is 13.0 Å². The minimum absolute atomic E-state index is 0.105. The third kappa shape index (κ3) is 6.39. The molecule has 0 saturated carbocycles. The lowest BCUT2D eigenvalue weighted by Gasteiger charge is -2.20. The SMILES string of the molecule is CC(=Nc1c(C(C)C)cccc1C(C)C)C(=Nc1c(C(C)C)cccc1C(C)C)S(=O)(=O)[O-]. The van der Waals surface area contributed by atoms with Gasteiger partial charge >= 0.3 is 0 Å². The molecule has 0 radical (unpaired) electrons. The third-order valence-electron chi connectivity index (χ3n) is 5.72. The van der Waals surface area contributed by atoms with Crippen LogP contribution < -0.4 is 0 Å². The first kappa shape index (κ1) is 26.9. The van der Waals surface area contributed by atoms with Crippen LogP contribution in [0.3, 0.4) is 0 Å². The first-order valence-electron chi connectivity index (χ1n) is 11.6. The van der Waals surface area contributed by atoms with E-state index in [0.29, 0.717) is 5.69 Å². The van der Waals surface area contributed by atoms with E-state index >= 15 is 0 Å². The fraction of sp³-hybridized carbons (Fsp3) is 0.481. The maximum absolute atomic E-state index is 12.4. The minimum atomic E-state index is -4.86. The van der Waals surface area contributed by atoms with Gasteiger partial charge in [0.1, 0.15) is 10.1 Å². The van der Waals surface area contributed by atoms with Crippen molar-refractivity contribution in [1.82, 2.24) is 0 Å². The maximum Gasteiger partial charge on any atom is 0.164 e. The van der Waals surface area contributed by atoms with E-state index < -0.39 is 15.2 Å². The number of rotatable bonds is 7. The molecule has 0 aliphatic carbocycles. The second-order valence-corrected chi connectivity index (χ2v) is 11.1. The fourth-order valence-electron chi connectivity index (χ4n) is 3.92. The Morgan fingerprint density at radius 1 is 0.667 bits per heavy atom. The van der Waals surface area contributed by atoms with Crippen LogP contribution in [-0.2, 0) is 10.1 Å². The standard InChI is InChI=1S/C27H38N2O3S/c1-16(2)21-12-10-13-22(17(3)4)25(21)28-20(9)27(33(30,31)32)29-26-23(18(5)6)14-11-15-24(26)19(7)8/h10-19H,1-9H3,(H,30,31,32)/p-1. The van der Waals surface area contributed by atoms with Crippen molar-refractivity contribution in [2.24, 2.45) is 9.98 Å². The second kappa shape index (κ2) is 10.7. The summed E-state index contributed by atoms with van der Waals surface area (Å²) in [4.78, 5) is 9.22. The number of aliphatic imine (C=N–C) groups is 2. The largest absolute Gasteiger partial charge is 0.743 e. The molecule has 180 valence electrons. The van der Waals surface area contributed by atoms with Gasteiger partial charge in [0.15, 0.2) is 5.04 Å². The maximum atomic E-state index is 12.4. The van der Waals surface area contributed by atoms with Crippen molar-refractivity contribution < 1.29 is 13.0 Å². The van der Waals surface area contributed by atoms with Gasteiger partial charge in [-0.1, -0.05) is 91.8 Å². The number of nitrogens with zero attached hydrogens (tertiary/aromatic N) is 2. The number of para-hydroxylation sites is 2. The highest BCUT2D eigenvalue weighted by Gasteiger charge is 2.20. The molecule has 0 unspecified atom stereocenters. The molecule has 0 atom stereocenters. The van der Waals surface area contributed by atoms with Crippen LogP contribution in [0.1, 0.15) is 108 Å². The molecule has 33 heavy (non-hydrogen) atoms. The van der Waals surface area contributed by atoms with Crippen LogP contribution in [0.5, 0.6) is 0 Å². The van der Waals surface area contributed by atoms with Gasteiger partial charge in [-0.15, -0.1) is 0 Å². The van der Waals surface area contributed by atoms with Crippen molar-refractivity contribution in [3.8, 4) is 0 Å². The highest BCUT2D eigenvalue weighted by molar-refractivity contribution is 8.03. The van der Waals surface area contributed by atoms with Crippen LogP contribution in [0.4, 0.5) is 11.4 Å². The lowest BCUT2D eigenvalue weighted by Crippen LogP contribution is -2.22. The Bertz CT molecular complexity index is 1110. The smallest absolute Gasteiger partial charge is 0.164 e. The molecule has 0 heterocycles. The number of benzene rings is 2. The molecular formula is C27H37N2O3S-. The van der Waals surface area contributed by atoms with Crippen LogP contribution in [0.15, 0.2) is 46.4 Å². The fourth-order valence-corrected chi connectivity index (χ4v) is 4.53. The zero-order chi connectivity index (χ0) is 25.1. The van der Waals surface area contributed by atoms with Gasteiger partial charge in [-0.25, -0.2) is 13.4 Å². The van der Waals surface area contributed by atoms with Crippen molar-refractivity contribution in [2.45, 2.75) is 86.0 Å². The van der Waals surface area contributed by atoms with E-state index in [4.69, 9.17) is 4.99 Å². The Hall–Kier alpha value is -2.31. The van der Waals surface area contributed by atoms with Crippen molar-refractivity contribution in [3.05, 3.63) is 58.7 Å². The number of hydrogen-bond acceptors (Lipinski definition) is 5. The summed E-state index contributed by atoms with van der Waals surface area (Å²) in [6.45, 7) is 17.9. The van der Waals surface area contributed by atoms with E-state index in [0.717, 1.165) is 27.9 Å². The van der Waals surface area contributed by atoms with Crippen molar-refractivity contribution >= 4 is 32.2 Å². The molecule has 0 aromatic heterocycles. The van der Waals surface area contributed by atoms with Crippen LogP contribution in [0, 0.1) is 0 Å². The Kier molecular flexibility index (Phi) is 8.77. The average molecular weight is 470 g/mol. The highest BCUT2D eigenvalue weighted by atomic mass is 32.2. The summed E-state index contributed by atoms with van der Waals surface area (Å²) < 4.78 is 37.2. The molecule has 2 aromatic carbocycles. The summed E-state index contributed by atoms with van der Waals surface area (Å²) in [6.07, 6.45) is 0. The Morgan fingerprint density at radius 3 is 1.24 bits per heavy atom. The minimum Gasteiger partial charge on any atom is -0.743 e. The molecule has 0 saturated heterocycles.